The molecule has 1 aromatic heterocycles. The van der Waals surface area contributed by atoms with Crippen LogP contribution in [-0.4, -0.2) is 15.2 Å². The van der Waals surface area contributed by atoms with E-state index in [0.29, 0.717) is 11.5 Å². The van der Waals surface area contributed by atoms with Crippen LogP contribution >= 0.6 is 0 Å². The Kier molecular flexibility index (Phi) is 2.81. The highest BCUT2D eigenvalue weighted by atomic mass is 16.1. The lowest BCUT2D eigenvalue weighted by Crippen LogP contribution is -2.16. The Bertz CT molecular complexity index is 531. The van der Waals surface area contributed by atoms with Crippen LogP contribution in [-0.2, 0) is 0 Å². The van der Waals surface area contributed by atoms with E-state index in [0.717, 1.165) is 5.56 Å². The molecule has 0 saturated heterocycles. The quantitative estimate of drug-likeness (QED) is 0.833. The molecule has 1 N–H and O–H groups in total. The Labute approximate surface area is 93.4 Å². The minimum atomic E-state index is -0.190. The molecule has 0 bridgehead atoms. The number of aromatic nitrogens is 3. The zero-order chi connectivity index (χ0) is 11.5. The van der Waals surface area contributed by atoms with Gasteiger partial charge in [-0.2, -0.15) is 0 Å². The molecule has 0 fully saturated rings. The molecule has 0 aliphatic carbocycles. The van der Waals surface area contributed by atoms with E-state index in [-0.39, 0.29) is 11.5 Å². The van der Waals surface area contributed by atoms with Crippen LogP contribution < -0.4 is 5.56 Å². The number of aromatic amines is 1. The lowest BCUT2D eigenvalue weighted by atomic mass is 10.1. The Morgan fingerprint density at radius 3 is 2.38 bits per heavy atom. The summed E-state index contributed by atoms with van der Waals surface area (Å²) in [7, 11) is 0. The summed E-state index contributed by atoms with van der Waals surface area (Å²) in [4.78, 5) is 14.5. The fourth-order valence-electron chi connectivity index (χ4n) is 1.39. The van der Waals surface area contributed by atoms with Gasteiger partial charge in [-0.3, -0.25) is 4.79 Å². The van der Waals surface area contributed by atoms with Crippen molar-refractivity contribution >= 4 is 0 Å². The van der Waals surface area contributed by atoms with Crippen molar-refractivity contribution in [2.24, 2.45) is 0 Å². The van der Waals surface area contributed by atoms with Gasteiger partial charge in [0.05, 0.1) is 0 Å². The third-order valence-electron chi connectivity index (χ3n) is 2.31. The summed E-state index contributed by atoms with van der Waals surface area (Å²) < 4.78 is 0. The minimum Gasteiger partial charge on any atom is -0.307 e. The highest BCUT2D eigenvalue weighted by molar-refractivity contribution is 5.56. The van der Waals surface area contributed by atoms with Gasteiger partial charge in [0.15, 0.2) is 5.69 Å². The zero-order valence-electron chi connectivity index (χ0n) is 9.27. The topological polar surface area (TPSA) is 58.6 Å². The highest BCUT2D eigenvalue weighted by Crippen LogP contribution is 2.11. The van der Waals surface area contributed by atoms with E-state index < -0.39 is 0 Å². The van der Waals surface area contributed by atoms with Crippen molar-refractivity contribution in [3.05, 3.63) is 46.5 Å². The first-order valence-corrected chi connectivity index (χ1v) is 5.21. The number of benzene rings is 1. The van der Waals surface area contributed by atoms with E-state index in [1.54, 1.807) is 0 Å². The molecule has 0 amide bonds. The number of hydrogen-bond acceptors (Lipinski definition) is 3. The number of rotatable bonds is 2. The first-order valence-electron chi connectivity index (χ1n) is 5.21. The maximum absolute atomic E-state index is 11.8. The van der Waals surface area contributed by atoms with Crippen molar-refractivity contribution in [1.82, 2.24) is 15.2 Å². The second kappa shape index (κ2) is 4.26. The molecule has 4 nitrogen and oxygen atoms in total. The molecular weight excluding hydrogens is 202 g/mol. The van der Waals surface area contributed by atoms with Gasteiger partial charge >= 0.3 is 0 Å². The predicted octanol–water partition coefficient (Wildman–Crippen LogP) is 1.96. The molecule has 0 aliphatic heterocycles. The Morgan fingerprint density at radius 2 is 1.81 bits per heavy atom. The number of nitrogens with one attached hydrogen (secondary N) is 1. The summed E-state index contributed by atoms with van der Waals surface area (Å²) in [5, 5.41) is 7.99. The molecule has 4 heteroatoms. The molecule has 0 radical (unpaired) electrons. The van der Waals surface area contributed by atoms with Crippen LogP contribution in [0.3, 0.4) is 0 Å². The van der Waals surface area contributed by atoms with Crippen LogP contribution in [0.5, 0.6) is 0 Å². The Morgan fingerprint density at radius 1 is 1.12 bits per heavy atom. The summed E-state index contributed by atoms with van der Waals surface area (Å²) in [6, 6.07) is 9.32. The maximum atomic E-state index is 11.8. The Balaban J connectivity index is 2.49. The third-order valence-corrected chi connectivity index (χ3v) is 2.31. The van der Waals surface area contributed by atoms with Crippen molar-refractivity contribution in [3.63, 3.8) is 0 Å². The molecule has 82 valence electrons. The standard InChI is InChI=1S/C12H13N3O/c1-8(2)11-13-12(16)10(14-15-11)9-6-4-3-5-7-9/h3-8H,1-2H3,(H,13,15,16). The van der Waals surface area contributed by atoms with Crippen molar-refractivity contribution in [2.45, 2.75) is 19.8 Å². The van der Waals surface area contributed by atoms with E-state index in [9.17, 15) is 4.79 Å². The van der Waals surface area contributed by atoms with Gasteiger partial charge in [-0.15, -0.1) is 10.2 Å². The van der Waals surface area contributed by atoms with Gasteiger partial charge in [-0.05, 0) is 0 Å². The largest absolute Gasteiger partial charge is 0.307 e. The molecule has 0 aliphatic rings. The lowest BCUT2D eigenvalue weighted by Gasteiger charge is -2.03. The molecular formula is C12H13N3O. The van der Waals surface area contributed by atoms with Crippen molar-refractivity contribution in [3.8, 4) is 11.3 Å². The second-order valence-corrected chi connectivity index (χ2v) is 3.91. The van der Waals surface area contributed by atoms with Gasteiger partial charge in [-0.25, -0.2) is 0 Å². The maximum Gasteiger partial charge on any atom is 0.277 e. The van der Waals surface area contributed by atoms with Crippen LogP contribution in [0.15, 0.2) is 35.1 Å². The third kappa shape index (κ3) is 2.00. The van der Waals surface area contributed by atoms with Gasteiger partial charge in [0.1, 0.15) is 5.82 Å². The number of nitrogens with zero attached hydrogens (tertiary/aromatic N) is 2. The van der Waals surface area contributed by atoms with Crippen LogP contribution in [0, 0.1) is 0 Å². The van der Waals surface area contributed by atoms with E-state index in [1.807, 2.05) is 44.2 Å². The fourth-order valence-corrected chi connectivity index (χ4v) is 1.39. The van der Waals surface area contributed by atoms with Gasteiger partial charge in [-0.1, -0.05) is 44.2 Å². The van der Waals surface area contributed by atoms with Crippen molar-refractivity contribution < 1.29 is 0 Å². The molecule has 0 unspecified atom stereocenters. The van der Waals surface area contributed by atoms with Gasteiger partial charge < -0.3 is 4.98 Å². The average molecular weight is 215 g/mol. The molecule has 2 aromatic rings. The normalized spacial score (nSPS) is 10.7. The number of H-pyrrole nitrogens is 1. The van der Waals surface area contributed by atoms with Gasteiger partial charge in [0.2, 0.25) is 0 Å². The van der Waals surface area contributed by atoms with Crippen molar-refractivity contribution in [1.29, 1.82) is 0 Å². The highest BCUT2D eigenvalue weighted by Gasteiger charge is 2.08. The van der Waals surface area contributed by atoms with Crippen LogP contribution in [0.1, 0.15) is 25.6 Å². The second-order valence-electron chi connectivity index (χ2n) is 3.91. The summed E-state index contributed by atoms with van der Waals surface area (Å²) in [5.74, 6) is 0.787. The monoisotopic (exact) mass is 215 g/mol. The first kappa shape index (κ1) is 10.5. The SMILES string of the molecule is CC(C)c1nnc(-c2ccccc2)c(=O)[nH]1. The van der Waals surface area contributed by atoms with Gasteiger partial charge in [0, 0.05) is 11.5 Å². The average Bonchev–Trinajstić information content (AvgIpc) is 2.30. The Hall–Kier alpha value is -1.97. The van der Waals surface area contributed by atoms with Gasteiger partial charge in [0.25, 0.3) is 5.56 Å². The van der Waals surface area contributed by atoms with E-state index >= 15 is 0 Å². The smallest absolute Gasteiger partial charge is 0.277 e. The van der Waals surface area contributed by atoms with Crippen LogP contribution in [0.2, 0.25) is 0 Å². The summed E-state index contributed by atoms with van der Waals surface area (Å²) >= 11 is 0. The molecule has 2 rings (SSSR count). The molecule has 0 saturated carbocycles. The number of hydrogen-bond donors (Lipinski definition) is 1. The van der Waals surface area contributed by atoms with Crippen LogP contribution in [0.4, 0.5) is 0 Å². The van der Waals surface area contributed by atoms with Crippen LogP contribution in [0.25, 0.3) is 11.3 Å². The van der Waals surface area contributed by atoms with E-state index in [4.69, 9.17) is 0 Å². The minimum absolute atomic E-state index is 0.171. The molecule has 0 spiro atoms. The first-order chi connectivity index (χ1) is 7.68. The van der Waals surface area contributed by atoms with E-state index in [2.05, 4.69) is 15.2 Å². The summed E-state index contributed by atoms with van der Waals surface area (Å²) in [6.45, 7) is 3.92. The van der Waals surface area contributed by atoms with Crippen molar-refractivity contribution in [2.75, 3.05) is 0 Å². The predicted molar refractivity (Wildman–Crippen MR) is 62.2 cm³/mol. The zero-order valence-corrected chi connectivity index (χ0v) is 9.27. The summed E-state index contributed by atoms with van der Waals surface area (Å²) in [5.41, 5.74) is 0.960. The molecule has 0 atom stereocenters. The fraction of sp³-hybridized carbons (Fsp3) is 0.250. The van der Waals surface area contributed by atoms with E-state index in [1.165, 1.54) is 0 Å². The molecule has 1 aromatic carbocycles. The summed E-state index contributed by atoms with van der Waals surface area (Å²) in [6.07, 6.45) is 0. The molecule has 1 heterocycles. The lowest BCUT2D eigenvalue weighted by molar-refractivity contribution is 0.729. The molecule has 16 heavy (non-hydrogen) atoms.